The van der Waals surface area contributed by atoms with Gasteiger partial charge in [0.1, 0.15) is 0 Å². The topological polar surface area (TPSA) is 78.4 Å². The highest BCUT2D eigenvalue weighted by Crippen LogP contribution is 1.99. The van der Waals surface area contributed by atoms with E-state index in [2.05, 4.69) is 33.1 Å². The highest BCUT2D eigenvalue weighted by atomic mass is 79.9. The number of carbonyl (C=O) groups is 2. The summed E-state index contributed by atoms with van der Waals surface area (Å²) in [5.74, 6) is -0.924. The van der Waals surface area contributed by atoms with Crippen molar-refractivity contribution in [1.82, 2.24) is 10.6 Å². The van der Waals surface area contributed by atoms with Gasteiger partial charge < -0.3 is 15.7 Å². The van der Waals surface area contributed by atoms with Crippen molar-refractivity contribution in [2.24, 2.45) is 0 Å². The molecule has 0 aromatic rings. The van der Waals surface area contributed by atoms with E-state index in [1.807, 2.05) is 6.92 Å². The van der Waals surface area contributed by atoms with E-state index in [-0.39, 0.29) is 18.5 Å². The second-order valence-electron chi connectivity index (χ2n) is 3.05. The fourth-order valence-electron chi connectivity index (χ4n) is 0.921. The van der Waals surface area contributed by atoms with Gasteiger partial charge in [-0.15, -0.1) is 0 Å². The van der Waals surface area contributed by atoms with Crippen molar-refractivity contribution in [2.45, 2.75) is 25.8 Å². The molecule has 0 aromatic carbocycles. The maximum atomic E-state index is 11.2. The number of carbonyl (C=O) groups excluding carboxylic acids is 1. The number of carboxylic acid groups (broad SMARTS) is 1. The molecule has 1 unspecified atom stereocenters. The normalized spacial score (nSPS) is 11.6. The number of urea groups is 1. The van der Waals surface area contributed by atoms with E-state index in [1.165, 1.54) is 0 Å². The number of hydrogen-bond acceptors (Lipinski definition) is 2. The summed E-state index contributed by atoms with van der Waals surface area (Å²) in [6.45, 7) is 5.69. The van der Waals surface area contributed by atoms with Crippen molar-refractivity contribution in [3.8, 4) is 0 Å². The Balaban J connectivity index is 3.90. The number of rotatable bonds is 6. The average Bonchev–Trinajstić information content (AvgIpc) is 2.13. The lowest BCUT2D eigenvalue weighted by molar-refractivity contribution is -0.137. The SMILES string of the molecule is C=C(Br)CNC(=O)NC(CC)CC(=O)O. The Morgan fingerprint density at radius 3 is 2.53 bits per heavy atom. The van der Waals surface area contributed by atoms with Gasteiger partial charge >= 0.3 is 12.0 Å². The molecule has 15 heavy (non-hydrogen) atoms. The van der Waals surface area contributed by atoms with Crippen LogP contribution in [0.3, 0.4) is 0 Å². The summed E-state index contributed by atoms with van der Waals surface area (Å²) in [6.07, 6.45) is 0.508. The zero-order valence-electron chi connectivity index (χ0n) is 8.55. The number of carboxylic acids is 1. The molecule has 0 saturated carbocycles. The molecule has 5 nitrogen and oxygen atoms in total. The minimum absolute atomic E-state index is 0.0703. The van der Waals surface area contributed by atoms with Crippen LogP contribution in [0.5, 0.6) is 0 Å². The van der Waals surface area contributed by atoms with Gasteiger partial charge in [-0.25, -0.2) is 4.79 Å². The molecule has 0 aliphatic rings. The first-order chi connectivity index (χ1) is 6.95. The molecular weight excluding hydrogens is 264 g/mol. The predicted octanol–water partition coefficient (Wildman–Crippen LogP) is 1.45. The Morgan fingerprint density at radius 1 is 1.53 bits per heavy atom. The van der Waals surface area contributed by atoms with Crippen LogP contribution in [0.1, 0.15) is 19.8 Å². The van der Waals surface area contributed by atoms with E-state index >= 15 is 0 Å². The van der Waals surface area contributed by atoms with Gasteiger partial charge in [0.05, 0.1) is 13.0 Å². The Hall–Kier alpha value is -1.04. The molecule has 1 atom stereocenters. The van der Waals surface area contributed by atoms with Crippen molar-refractivity contribution in [3.05, 3.63) is 11.1 Å². The number of nitrogens with one attached hydrogen (secondary N) is 2. The molecule has 0 aromatic heterocycles. The van der Waals surface area contributed by atoms with Gasteiger partial charge in [0, 0.05) is 10.5 Å². The molecule has 0 aliphatic heterocycles. The number of aliphatic carboxylic acids is 1. The van der Waals surface area contributed by atoms with E-state index in [4.69, 9.17) is 5.11 Å². The minimum Gasteiger partial charge on any atom is -0.481 e. The maximum absolute atomic E-state index is 11.2. The highest BCUT2D eigenvalue weighted by Gasteiger charge is 2.13. The summed E-state index contributed by atoms with van der Waals surface area (Å²) in [5, 5.41) is 13.6. The third kappa shape index (κ3) is 7.99. The van der Waals surface area contributed by atoms with E-state index in [0.717, 1.165) is 0 Å². The van der Waals surface area contributed by atoms with Gasteiger partial charge in [0.15, 0.2) is 0 Å². The monoisotopic (exact) mass is 278 g/mol. The van der Waals surface area contributed by atoms with Crippen LogP contribution in [0.15, 0.2) is 11.1 Å². The van der Waals surface area contributed by atoms with Crippen LogP contribution in [0.4, 0.5) is 4.79 Å². The molecule has 0 heterocycles. The molecule has 0 rings (SSSR count). The van der Waals surface area contributed by atoms with Crippen LogP contribution in [0.25, 0.3) is 0 Å². The largest absolute Gasteiger partial charge is 0.481 e. The number of halogens is 1. The lowest BCUT2D eigenvalue weighted by Crippen LogP contribution is -2.43. The highest BCUT2D eigenvalue weighted by molar-refractivity contribution is 9.11. The zero-order valence-corrected chi connectivity index (χ0v) is 10.1. The van der Waals surface area contributed by atoms with Gasteiger partial charge in [-0.1, -0.05) is 29.4 Å². The van der Waals surface area contributed by atoms with E-state index in [1.54, 1.807) is 0 Å². The van der Waals surface area contributed by atoms with E-state index in [0.29, 0.717) is 17.4 Å². The molecule has 86 valence electrons. The lowest BCUT2D eigenvalue weighted by Gasteiger charge is -2.15. The fourth-order valence-corrected chi connectivity index (χ4v) is 1.06. The molecule has 3 N–H and O–H groups in total. The zero-order chi connectivity index (χ0) is 11.8. The first kappa shape index (κ1) is 14.0. The molecule has 0 bridgehead atoms. The minimum atomic E-state index is -0.924. The summed E-state index contributed by atoms with van der Waals surface area (Å²) in [5.41, 5.74) is 0. The van der Waals surface area contributed by atoms with E-state index in [9.17, 15) is 9.59 Å². The van der Waals surface area contributed by atoms with Crippen LogP contribution in [-0.2, 0) is 4.79 Å². The van der Waals surface area contributed by atoms with Gasteiger partial charge in [-0.2, -0.15) is 0 Å². The lowest BCUT2D eigenvalue weighted by atomic mass is 10.1. The fraction of sp³-hybridized carbons (Fsp3) is 0.556. The average molecular weight is 279 g/mol. The third-order valence-corrected chi connectivity index (χ3v) is 1.97. The van der Waals surface area contributed by atoms with Gasteiger partial charge in [0.25, 0.3) is 0 Å². The van der Waals surface area contributed by atoms with Gasteiger partial charge in [-0.05, 0) is 6.42 Å². The number of hydrogen-bond donors (Lipinski definition) is 3. The quantitative estimate of drug-likeness (QED) is 0.688. The Bertz CT molecular complexity index is 256. The first-order valence-corrected chi connectivity index (χ1v) is 5.34. The van der Waals surface area contributed by atoms with Crippen LogP contribution >= 0.6 is 15.9 Å². The molecule has 6 heteroatoms. The summed E-state index contributed by atoms with van der Waals surface area (Å²) >= 11 is 3.10. The van der Waals surface area contributed by atoms with Crippen molar-refractivity contribution in [3.63, 3.8) is 0 Å². The third-order valence-electron chi connectivity index (χ3n) is 1.69. The van der Waals surface area contributed by atoms with Crippen molar-refractivity contribution < 1.29 is 14.7 Å². The van der Waals surface area contributed by atoms with Crippen LogP contribution in [-0.4, -0.2) is 29.7 Å². The second kappa shape index (κ2) is 7.28. The van der Waals surface area contributed by atoms with Crippen LogP contribution < -0.4 is 10.6 Å². The molecule has 2 amide bonds. The van der Waals surface area contributed by atoms with Gasteiger partial charge in [-0.3, -0.25) is 4.79 Å². The molecule has 0 radical (unpaired) electrons. The van der Waals surface area contributed by atoms with Crippen LogP contribution in [0, 0.1) is 0 Å². The molecule has 0 spiro atoms. The standard InChI is InChI=1S/C9H15BrN2O3/c1-3-7(4-8(13)14)12-9(15)11-5-6(2)10/h7H,2-5H2,1H3,(H,13,14)(H2,11,12,15). The second-order valence-corrected chi connectivity index (χ2v) is 4.17. The van der Waals surface area contributed by atoms with Crippen molar-refractivity contribution in [2.75, 3.05) is 6.54 Å². The summed E-state index contributed by atoms with van der Waals surface area (Å²) in [4.78, 5) is 21.6. The van der Waals surface area contributed by atoms with E-state index < -0.39 is 5.97 Å². The summed E-state index contributed by atoms with van der Waals surface area (Å²) in [6, 6.07) is -0.727. The Kier molecular flexibility index (Phi) is 6.77. The molecule has 0 saturated heterocycles. The summed E-state index contributed by atoms with van der Waals surface area (Å²) < 4.78 is 0.656. The smallest absolute Gasteiger partial charge is 0.315 e. The number of amides is 2. The maximum Gasteiger partial charge on any atom is 0.315 e. The first-order valence-electron chi connectivity index (χ1n) is 4.55. The molecule has 0 fully saturated rings. The van der Waals surface area contributed by atoms with Crippen molar-refractivity contribution in [1.29, 1.82) is 0 Å². The molecular formula is C9H15BrN2O3. The van der Waals surface area contributed by atoms with Crippen LogP contribution in [0.2, 0.25) is 0 Å². The summed E-state index contributed by atoms with van der Waals surface area (Å²) in [7, 11) is 0. The van der Waals surface area contributed by atoms with Gasteiger partial charge in [0.2, 0.25) is 0 Å². The Morgan fingerprint density at radius 2 is 2.13 bits per heavy atom. The Labute approximate surface area is 97.1 Å². The molecule has 0 aliphatic carbocycles. The predicted molar refractivity (Wildman–Crippen MR) is 60.9 cm³/mol. The van der Waals surface area contributed by atoms with Crippen molar-refractivity contribution >= 4 is 27.9 Å².